The summed E-state index contributed by atoms with van der Waals surface area (Å²) in [5, 5.41) is 4.45. The van der Waals surface area contributed by atoms with Gasteiger partial charge in [-0.2, -0.15) is 13.5 Å². The first kappa shape index (κ1) is 25.2. The Morgan fingerprint density at radius 2 is 1.82 bits per heavy atom. The number of carbonyl (C=O) groups is 1. The quantitative estimate of drug-likeness (QED) is 0.246. The number of rotatable bonds is 10. The van der Waals surface area contributed by atoms with Crippen LogP contribution in [-0.2, 0) is 27.7 Å². The Kier molecular flexibility index (Phi) is 8.22. The third kappa shape index (κ3) is 6.11. The van der Waals surface area contributed by atoms with Crippen LogP contribution in [0.15, 0.2) is 63.9 Å². The van der Waals surface area contributed by atoms with Crippen molar-refractivity contribution in [3.63, 3.8) is 0 Å². The first-order valence-corrected chi connectivity index (χ1v) is 12.6. The molecule has 1 heterocycles. The van der Waals surface area contributed by atoms with E-state index in [1.807, 2.05) is 28.9 Å². The van der Waals surface area contributed by atoms with Gasteiger partial charge in [-0.15, -0.1) is 4.40 Å². The number of nitrogens with zero attached hydrogens (tertiary/aromatic N) is 4. The van der Waals surface area contributed by atoms with Crippen molar-refractivity contribution < 1.29 is 17.9 Å². The van der Waals surface area contributed by atoms with Gasteiger partial charge in [0, 0.05) is 25.4 Å². The molecule has 1 aromatic heterocycles. The van der Waals surface area contributed by atoms with Crippen LogP contribution in [0.2, 0.25) is 0 Å². The second-order valence-corrected chi connectivity index (χ2v) is 9.60. The molecule has 9 heteroatoms. The van der Waals surface area contributed by atoms with Crippen LogP contribution < -0.4 is 0 Å². The van der Waals surface area contributed by atoms with Crippen LogP contribution in [0.25, 0.3) is 11.1 Å². The lowest BCUT2D eigenvalue weighted by Crippen LogP contribution is -2.10. The standard InChI is InChI=1S/C25H30N4O4S/c1-5-9-21-16-23(25(30)33-6-2)27-29(21)17-19-12-14-20(15-13-19)22-10-7-8-11-24(22)34(31,32)26-18-28(3)4/h7-8,10-16,18H,5-6,9,17H2,1-4H3/b26-18+. The van der Waals surface area contributed by atoms with Crippen molar-refractivity contribution in [1.29, 1.82) is 0 Å². The summed E-state index contributed by atoms with van der Waals surface area (Å²) in [4.78, 5) is 13.8. The van der Waals surface area contributed by atoms with Crippen LogP contribution in [-0.4, -0.2) is 56.1 Å². The highest BCUT2D eigenvalue weighted by Gasteiger charge is 2.18. The van der Waals surface area contributed by atoms with Crippen molar-refractivity contribution in [3.05, 3.63) is 71.5 Å². The van der Waals surface area contributed by atoms with E-state index in [1.54, 1.807) is 56.3 Å². The van der Waals surface area contributed by atoms with Gasteiger partial charge in [0.25, 0.3) is 10.0 Å². The second kappa shape index (κ2) is 11.1. The van der Waals surface area contributed by atoms with Gasteiger partial charge in [0.05, 0.1) is 18.0 Å². The number of benzene rings is 2. The number of aromatic nitrogens is 2. The van der Waals surface area contributed by atoms with Crippen LogP contribution >= 0.6 is 0 Å². The fourth-order valence-corrected chi connectivity index (χ4v) is 4.60. The van der Waals surface area contributed by atoms with Gasteiger partial charge in [-0.1, -0.05) is 55.8 Å². The topological polar surface area (TPSA) is 93.9 Å². The fraction of sp³-hybridized carbons (Fsp3) is 0.320. The lowest BCUT2D eigenvalue weighted by molar-refractivity contribution is 0.0518. The Balaban J connectivity index is 1.88. The minimum Gasteiger partial charge on any atom is -0.461 e. The van der Waals surface area contributed by atoms with E-state index >= 15 is 0 Å². The minimum atomic E-state index is -3.85. The van der Waals surface area contributed by atoms with Gasteiger partial charge in [-0.05, 0) is 36.6 Å². The molecule has 0 atom stereocenters. The zero-order chi connectivity index (χ0) is 24.7. The minimum absolute atomic E-state index is 0.150. The zero-order valence-corrected chi connectivity index (χ0v) is 20.7. The molecule has 0 aliphatic carbocycles. The predicted molar refractivity (Wildman–Crippen MR) is 133 cm³/mol. The Hall–Kier alpha value is -3.46. The molecule has 0 fully saturated rings. The molecule has 3 aromatic rings. The largest absolute Gasteiger partial charge is 0.461 e. The number of ether oxygens (including phenoxy) is 1. The average molecular weight is 483 g/mol. The Morgan fingerprint density at radius 1 is 1.12 bits per heavy atom. The van der Waals surface area contributed by atoms with E-state index in [-0.39, 0.29) is 4.90 Å². The molecule has 0 aliphatic heterocycles. The van der Waals surface area contributed by atoms with Gasteiger partial charge in [0.2, 0.25) is 0 Å². The average Bonchev–Trinajstić information content (AvgIpc) is 3.21. The third-order valence-electron chi connectivity index (χ3n) is 5.03. The predicted octanol–water partition coefficient (Wildman–Crippen LogP) is 4.01. The van der Waals surface area contributed by atoms with Crippen LogP contribution in [0, 0.1) is 0 Å². The zero-order valence-electron chi connectivity index (χ0n) is 19.9. The summed E-state index contributed by atoms with van der Waals surface area (Å²) in [5.74, 6) is -0.427. The maximum atomic E-state index is 12.8. The van der Waals surface area contributed by atoms with E-state index in [1.165, 1.54) is 6.34 Å². The lowest BCUT2D eigenvalue weighted by Gasteiger charge is -2.11. The molecule has 3 rings (SSSR count). The highest BCUT2D eigenvalue weighted by Crippen LogP contribution is 2.29. The number of sulfonamides is 1. The van der Waals surface area contributed by atoms with E-state index in [9.17, 15) is 13.2 Å². The molecule has 8 nitrogen and oxygen atoms in total. The van der Waals surface area contributed by atoms with Crippen molar-refractivity contribution in [2.45, 2.75) is 38.1 Å². The van der Waals surface area contributed by atoms with E-state index < -0.39 is 16.0 Å². The lowest BCUT2D eigenvalue weighted by atomic mass is 10.0. The molecular weight excluding hydrogens is 452 g/mol. The molecule has 0 saturated carbocycles. The monoisotopic (exact) mass is 482 g/mol. The molecule has 0 amide bonds. The summed E-state index contributed by atoms with van der Waals surface area (Å²) in [6.45, 7) is 4.63. The van der Waals surface area contributed by atoms with E-state index in [4.69, 9.17) is 4.74 Å². The molecule has 0 unspecified atom stereocenters. The summed E-state index contributed by atoms with van der Waals surface area (Å²) in [7, 11) is -0.419. The van der Waals surface area contributed by atoms with Crippen molar-refractivity contribution in [2.24, 2.45) is 4.40 Å². The molecule has 0 radical (unpaired) electrons. The van der Waals surface area contributed by atoms with Crippen molar-refractivity contribution in [3.8, 4) is 11.1 Å². The molecule has 0 saturated heterocycles. The smallest absolute Gasteiger partial charge is 0.358 e. The summed E-state index contributed by atoms with van der Waals surface area (Å²) in [6, 6.07) is 16.2. The number of carbonyl (C=O) groups excluding carboxylic acids is 1. The highest BCUT2D eigenvalue weighted by molar-refractivity contribution is 7.90. The highest BCUT2D eigenvalue weighted by atomic mass is 32.2. The Labute approximate surface area is 200 Å². The van der Waals surface area contributed by atoms with E-state index in [0.29, 0.717) is 24.4 Å². The maximum Gasteiger partial charge on any atom is 0.358 e. The molecule has 0 spiro atoms. The Bertz CT molecular complexity index is 1260. The SMILES string of the molecule is CCCc1cc(C(=O)OCC)nn1Cc1ccc(-c2ccccc2S(=O)(=O)/N=C/N(C)C)cc1. The first-order valence-electron chi connectivity index (χ1n) is 11.1. The molecule has 0 aliphatic rings. The number of hydrogen-bond acceptors (Lipinski definition) is 5. The normalized spacial score (nSPS) is 11.6. The molecule has 180 valence electrons. The van der Waals surface area contributed by atoms with E-state index in [0.717, 1.165) is 29.7 Å². The van der Waals surface area contributed by atoms with Crippen molar-refractivity contribution >= 4 is 22.3 Å². The van der Waals surface area contributed by atoms with Crippen molar-refractivity contribution in [2.75, 3.05) is 20.7 Å². The molecular formula is C25H30N4O4S. The first-order chi connectivity index (χ1) is 16.2. The van der Waals surface area contributed by atoms with Gasteiger partial charge < -0.3 is 9.64 Å². The molecule has 0 N–H and O–H groups in total. The summed E-state index contributed by atoms with van der Waals surface area (Å²) in [6.07, 6.45) is 3.00. The summed E-state index contributed by atoms with van der Waals surface area (Å²) >= 11 is 0. The van der Waals surface area contributed by atoms with Crippen LogP contribution in [0.4, 0.5) is 0 Å². The number of esters is 1. The molecule has 0 bridgehead atoms. The van der Waals surface area contributed by atoms with Gasteiger partial charge in [0.15, 0.2) is 5.69 Å². The van der Waals surface area contributed by atoms with Gasteiger partial charge in [-0.3, -0.25) is 4.68 Å². The third-order valence-corrected chi connectivity index (χ3v) is 6.32. The van der Waals surface area contributed by atoms with Crippen molar-refractivity contribution in [1.82, 2.24) is 14.7 Å². The second-order valence-electron chi connectivity index (χ2n) is 8.00. The summed E-state index contributed by atoms with van der Waals surface area (Å²) in [5.41, 5.74) is 3.60. The number of hydrogen-bond donors (Lipinski definition) is 0. The maximum absolute atomic E-state index is 12.8. The summed E-state index contributed by atoms with van der Waals surface area (Å²) < 4.78 is 36.2. The van der Waals surface area contributed by atoms with Crippen LogP contribution in [0.3, 0.4) is 0 Å². The molecule has 2 aromatic carbocycles. The Morgan fingerprint density at radius 3 is 2.47 bits per heavy atom. The fourth-order valence-electron chi connectivity index (χ4n) is 3.46. The van der Waals surface area contributed by atoms with Gasteiger partial charge >= 0.3 is 5.97 Å². The van der Waals surface area contributed by atoms with Crippen LogP contribution in [0.5, 0.6) is 0 Å². The number of aryl methyl sites for hydroxylation is 1. The van der Waals surface area contributed by atoms with Gasteiger partial charge in [0.1, 0.15) is 6.34 Å². The van der Waals surface area contributed by atoms with Gasteiger partial charge in [-0.25, -0.2) is 4.79 Å². The van der Waals surface area contributed by atoms with E-state index in [2.05, 4.69) is 16.4 Å². The molecule has 34 heavy (non-hydrogen) atoms. The van der Waals surface area contributed by atoms with Crippen LogP contribution in [0.1, 0.15) is 42.0 Å².